The molecule has 2 aromatic rings. The Bertz CT molecular complexity index is 620. The van der Waals surface area contributed by atoms with E-state index in [1.54, 1.807) is 0 Å². The second-order valence-corrected chi connectivity index (χ2v) is 4.95. The maximum Gasteiger partial charge on any atom is 0.237 e. The van der Waals surface area contributed by atoms with Gasteiger partial charge in [0.25, 0.3) is 0 Å². The minimum absolute atomic E-state index is 0.109. The molecule has 0 atom stereocenters. The number of ether oxygens (including phenoxy) is 1. The zero-order valence-corrected chi connectivity index (χ0v) is 11.8. The van der Waals surface area contributed by atoms with Gasteiger partial charge in [-0.15, -0.1) is 0 Å². The van der Waals surface area contributed by atoms with Crippen molar-refractivity contribution in [3.05, 3.63) is 47.4 Å². The molecular formula is C15H18N4O. The minimum atomic E-state index is -0.109. The Morgan fingerprint density at radius 2 is 2.00 bits per heavy atom. The lowest BCUT2D eigenvalue weighted by atomic mass is 10.0. The van der Waals surface area contributed by atoms with E-state index in [1.807, 2.05) is 13.0 Å². The second kappa shape index (κ2) is 5.69. The highest BCUT2D eigenvalue weighted by Crippen LogP contribution is 2.30. The van der Waals surface area contributed by atoms with E-state index in [0.717, 1.165) is 16.9 Å². The SMILES string of the molecule is Cc1ccc(C(C)C)c(Oc2cnc(C(=N)N)cn2)c1. The van der Waals surface area contributed by atoms with Gasteiger partial charge in [0.1, 0.15) is 17.3 Å². The van der Waals surface area contributed by atoms with Crippen LogP contribution in [0, 0.1) is 12.3 Å². The lowest BCUT2D eigenvalue weighted by molar-refractivity contribution is 0.451. The van der Waals surface area contributed by atoms with Crippen molar-refractivity contribution in [1.29, 1.82) is 5.41 Å². The summed E-state index contributed by atoms with van der Waals surface area (Å²) in [5.41, 5.74) is 7.92. The summed E-state index contributed by atoms with van der Waals surface area (Å²) in [6.45, 7) is 6.24. The summed E-state index contributed by atoms with van der Waals surface area (Å²) in [5.74, 6) is 1.42. The Labute approximate surface area is 118 Å². The Hall–Kier alpha value is -2.43. The van der Waals surface area contributed by atoms with Crippen LogP contribution in [-0.4, -0.2) is 15.8 Å². The van der Waals surface area contributed by atoms with Crippen LogP contribution in [0.25, 0.3) is 0 Å². The second-order valence-electron chi connectivity index (χ2n) is 4.95. The zero-order valence-electron chi connectivity index (χ0n) is 11.8. The molecule has 1 aromatic heterocycles. The number of nitrogens with zero attached hydrogens (tertiary/aromatic N) is 2. The zero-order chi connectivity index (χ0) is 14.7. The van der Waals surface area contributed by atoms with Gasteiger partial charge in [-0.2, -0.15) is 0 Å². The van der Waals surface area contributed by atoms with Gasteiger partial charge < -0.3 is 10.5 Å². The molecule has 0 bridgehead atoms. The van der Waals surface area contributed by atoms with Gasteiger partial charge in [-0.25, -0.2) is 9.97 Å². The number of aromatic nitrogens is 2. The van der Waals surface area contributed by atoms with Crippen molar-refractivity contribution < 1.29 is 4.74 Å². The molecule has 0 radical (unpaired) electrons. The predicted octanol–water partition coefficient (Wildman–Crippen LogP) is 2.98. The molecule has 3 N–H and O–H groups in total. The van der Waals surface area contributed by atoms with Crippen molar-refractivity contribution in [1.82, 2.24) is 9.97 Å². The molecule has 0 aliphatic heterocycles. The Balaban J connectivity index is 2.29. The van der Waals surface area contributed by atoms with Gasteiger partial charge in [0.05, 0.1) is 12.4 Å². The molecule has 0 fully saturated rings. The summed E-state index contributed by atoms with van der Waals surface area (Å²) in [4.78, 5) is 8.15. The molecule has 2 rings (SSSR count). The average Bonchev–Trinajstić information content (AvgIpc) is 2.39. The van der Waals surface area contributed by atoms with Crippen molar-refractivity contribution in [3.8, 4) is 11.6 Å². The molecule has 1 heterocycles. The summed E-state index contributed by atoms with van der Waals surface area (Å²) in [5, 5.41) is 7.28. The Morgan fingerprint density at radius 3 is 2.55 bits per heavy atom. The van der Waals surface area contributed by atoms with E-state index in [4.69, 9.17) is 15.9 Å². The van der Waals surface area contributed by atoms with E-state index in [9.17, 15) is 0 Å². The van der Waals surface area contributed by atoms with Crippen LogP contribution in [-0.2, 0) is 0 Å². The van der Waals surface area contributed by atoms with Crippen LogP contribution in [0.2, 0.25) is 0 Å². The minimum Gasteiger partial charge on any atom is -0.437 e. The molecule has 0 aliphatic rings. The highest BCUT2D eigenvalue weighted by molar-refractivity contribution is 5.92. The number of benzene rings is 1. The van der Waals surface area contributed by atoms with Gasteiger partial charge in [0.2, 0.25) is 5.88 Å². The van der Waals surface area contributed by atoms with Crippen molar-refractivity contribution in [2.24, 2.45) is 5.73 Å². The standard InChI is InChI=1S/C15H18N4O/c1-9(2)11-5-4-10(3)6-13(11)20-14-8-18-12(7-19-14)15(16)17/h4-9H,1-3H3,(H3,16,17). The smallest absolute Gasteiger partial charge is 0.237 e. The van der Waals surface area contributed by atoms with E-state index in [-0.39, 0.29) is 5.84 Å². The third kappa shape index (κ3) is 3.12. The quantitative estimate of drug-likeness (QED) is 0.660. The number of rotatable bonds is 4. The van der Waals surface area contributed by atoms with Gasteiger partial charge in [-0.1, -0.05) is 26.0 Å². The summed E-state index contributed by atoms with van der Waals surface area (Å²) in [6.07, 6.45) is 2.91. The van der Waals surface area contributed by atoms with Crippen LogP contribution in [0.5, 0.6) is 11.6 Å². The highest BCUT2D eigenvalue weighted by Gasteiger charge is 2.10. The lowest BCUT2D eigenvalue weighted by Gasteiger charge is -2.13. The van der Waals surface area contributed by atoms with Gasteiger partial charge >= 0.3 is 0 Å². The molecule has 0 unspecified atom stereocenters. The third-order valence-corrected chi connectivity index (χ3v) is 2.91. The third-order valence-electron chi connectivity index (χ3n) is 2.91. The largest absolute Gasteiger partial charge is 0.437 e. The molecule has 104 valence electrons. The molecule has 0 spiro atoms. The fraction of sp³-hybridized carbons (Fsp3) is 0.267. The fourth-order valence-corrected chi connectivity index (χ4v) is 1.83. The van der Waals surface area contributed by atoms with Crippen LogP contribution in [0.1, 0.15) is 36.6 Å². The molecule has 1 aromatic carbocycles. The van der Waals surface area contributed by atoms with Crippen LogP contribution < -0.4 is 10.5 Å². The number of nitrogen functional groups attached to an aromatic ring is 1. The topological polar surface area (TPSA) is 84.9 Å². The highest BCUT2D eigenvalue weighted by atomic mass is 16.5. The van der Waals surface area contributed by atoms with Crippen molar-refractivity contribution in [2.45, 2.75) is 26.7 Å². The Kier molecular flexibility index (Phi) is 3.98. The van der Waals surface area contributed by atoms with Gasteiger partial charge in [0.15, 0.2) is 0 Å². The van der Waals surface area contributed by atoms with Crippen molar-refractivity contribution >= 4 is 5.84 Å². The van der Waals surface area contributed by atoms with Crippen LogP contribution >= 0.6 is 0 Å². The molecule has 0 saturated carbocycles. The number of nitrogens with one attached hydrogen (secondary N) is 1. The van der Waals surface area contributed by atoms with Crippen LogP contribution in [0.15, 0.2) is 30.6 Å². The lowest BCUT2D eigenvalue weighted by Crippen LogP contribution is -2.13. The monoisotopic (exact) mass is 270 g/mol. The van der Waals surface area contributed by atoms with Gasteiger partial charge in [0, 0.05) is 0 Å². The predicted molar refractivity (Wildman–Crippen MR) is 78.4 cm³/mol. The average molecular weight is 270 g/mol. The fourth-order valence-electron chi connectivity index (χ4n) is 1.83. The molecular weight excluding hydrogens is 252 g/mol. The van der Waals surface area contributed by atoms with Crippen molar-refractivity contribution in [2.75, 3.05) is 0 Å². The molecule has 5 heteroatoms. The van der Waals surface area contributed by atoms with Crippen LogP contribution in [0.4, 0.5) is 0 Å². The van der Waals surface area contributed by atoms with Crippen molar-refractivity contribution in [3.63, 3.8) is 0 Å². The maximum atomic E-state index is 7.28. The first-order chi connectivity index (χ1) is 9.47. The molecule has 20 heavy (non-hydrogen) atoms. The first kappa shape index (κ1) is 14.0. The van der Waals surface area contributed by atoms with E-state index in [0.29, 0.717) is 17.5 Å². The summed E-state index contributed by atoms with van der Waals surface area (Å²) >= 11 is 0. The number of hydrogen-bond acceptors (Lipinski definition) is 4. The molecule has 0 aliphatic carbocycles. The van der Waals surface area contributed by atoms with E-state index >= 15 is 0 Å². The van der Waals surface area contributed by atoms with Gasteiger partial charge in [-0.3, -0.25) is 5.41 Å². The maximum absolute atomic E-state index is 7.28. The van der Waals surface area contributed by atoms with Gasteiger partial charge in [-0.05, 0) is 30.0 Å². The van der Waals surface area contributed by atoms with E-state index in [2.05, 4.69) is 35.9 Å². The number of aryl methyl sites for hydroxylation is 1. The summed E-state index contributed by atoms with van der Waals surface area (Å²) in [7, 11) is 0. The Morgan fingerprint density at radius 1 is 1.25 bits per heavy atom. The normalized spacial score (nSPS) is 10.6. The summed E-state index contributed by atoms with van der Waals surface area (Å²) in [6, 6.07) is 6.11. The molecule has 0 amide bonds. The number of nitrogens with two attached hydrogens (primary N) is 1. The number of hydrogen-bond donors (Lipinski definition) is 2. The molecule has 5 nitrogen and oxygen atoms in total. The van der Waals surface area contributed by atoms with E-state index in [1.165, 1.54) is 12.4 Å². The first-order valence-corrected chi connectivity index (χ1v) is 6.42. The first-order valence-electron chi connectivity index (χ1n) is 6.42. The molecule has 0 saturated heterocycles. The van der Waals surface area contributed by atoms with E-state index < -0.39 is 0 Å². The number of amidine groups is 1. The van der Waals surface area contributed by atoms with Crippen LogP contribution in [0.3, 0.4) is 0 Å². The summed E-state index contributed by atoms with van der Waals surface area (Å²) < 4.78 is 5.80.